The number of hydrogen-bond acceptors (Lipinski definition) is 4. The molecule has 3 aromatic carbocycles. The molecule has 0 bridgehead atoms. The molecule has 1 aliphatic carbocycles. The number of aryl methyl sites for hydroxylation is 1. The maximum absolute atomic E-state index is 6.04. The molecular weight excluding hydrogens is 456 g/mol. The Balaban J connectivity index is 1.19. The molecule has 37 heavy (non-hydrogen) atoms. The molecule has 0 spiro atoms. The number of allylic oxidation sites excluding steroid dienone is 1. The first-order valence-corrected chi connectivity index (χ1v) is 13.9. The number of hydrogen-bond donors (Lipinski definition) is 1. The number of fused-ring (bicyclic) bond motifs is 1. The monoisotopic (exact) mass is 496 g/mol. The van der Waals surface area contributed by atoms with Crippen molar-refractivity contribution in [2.45, 2.75) is 51.5 Å². The summed E-state index contributed by atoms with van der Waals surface area (Å²) in [4.78, 5) is 2.54. The maximum Gasteiger partial charge on any atom is 0.119 e. The lowest BCUT2D eigenvalue weighted by Gasteiger charge is -2.19. The van der Waals surface area contributed by atoms with Crippen LogP contribution in [0.25, 0.3) is 11.6 Å². The van der Waals surface area contributed by atoms with Gasteiger partial charge in [-0.2, -0.15) is 0 Å². The van der Waals surface area contributed by atoms with Crippen molar-refractivity contribution in [1.82, 2.24) is 4.90 Å². The number of ether oxygens (including phenoxy) is 2. The Morgan fingerprint density at radius 1 is 0.811 bits per heavy atom. The van der Waals surface area contributed by atoms with E-state index in [1.165, 1.54) is 72.3 Å². The normalized spacial score (nSPS) is 16.2. The second kappa shape index (κ2) is 12.8. The fourth-order valence-electron chi connectivity index (χ4n) is 5.48. The van der Waals surface area contributed by atoms with Crippen LogP contribution in [0.1, 0.15) is 60.8 Å². The fourth-order valence-corrected chi connectivity index (χ4v) is 5.48. The van der Waals surface area contributed by atoms with E-state index in [9.17, 15) is 0 Å². The number of benzene rings is 3. The van der Waals surface area contributed by atoms with Gasteiger partial charge < -0.3 is 14.8 Å². The Hall–Kier alpha value is -3.24. The maximum atomic E-state index is 6.04. The van der Waals surface area contributed by atoms with Gasteiger partial charge in [0.25, 0.3) is 0 Å². The van der Waals surface area contributed by atoms with Gasteiger partial charge in [0.1, 0.15) is 18.1 Å². The largest absolute Gasteiger partial charge is 0.497 e. The van der Waals surface area contributed by atoms with Crippen molar-refractivity contribution in [2.75, 3.05) is 38.7 Å². The molecule has 4 heteroatoms. The second-order valence-electron chi connectivity index (χ2n) is 10.2. The van der Waals surface area contributed by atoms with Crippen molar-refractivity contribution >= 4 is 17.3 Å². The van der Waals surface area contributed by atoms with Gasteiger partial charge in [0, 0.05) is 24.3 Å². The summed E-state index contributed by atoms with van der Waals surface area (Å²) in [7, 11) is 1.74. The molecule has 5 rings (SSSR count). The number of para-hydroxylation sites is 1. The van der Waals surface area contributed by atoms with Crippen LogP contribution in [-0.2, 0) is 13.0 Å². The van der Waals surface area contributed by atoms with E-state index in [2.05, 4.69) is 83.0 Å². The van der Waals surface area contributed by atoms with Gasteiger partial charge in [-0.15, -0.1) is 0 Å². The van der Waals surface area contributed by atoms with Crippen molar-refractivity contribution < 1.29 is 9.47 Å². The van der Waals surface area contributed by atoms with E-state index in [-0.39, 0.29) is 0 Å². The lowest BCUT2D eigenvalue weighted by atomic mass is 9.98. The van der Waals surface area contributed by atoms with Gasteiger partial charge in [0.2, 0.25) is 0 Å². The summed E-state index contributed by atoms with van der Waals surface area (Å²) in [5.74, 6) is 1.89. The standard InChI is InChI=1S/C33H40N2O2/c1-36-31-18-15-28-23-29(10-8-9-27(28)24-31)32-11-4-5-12-33(32)34-25-26-13-16-30(17-14-26)37-22-21-35-19-6-2-3-7-20-35/h4-5,11-18,23-24,34H,2-3,6-10,19-22,25H2,1H3. The lowest BCUT2D eigenvalue weighted by molar-refractivity contribution is 0.214. The summed E-state index contributed by atoms with van der Waals surface area (Å²) in [5.41, 5.74) is 7.79. The number of rotatable bonds is 9. The Morgan fingerprint density at radius 2 is 1.59 bits per heavy atom. The summed E-state index contributed by atoms with van der Waals surface area (Å²) < 4.78 is 11.5. The molecule has 0 amide bonds. The van der Waals surface area contributed by atoms with Gasteiger partial charge in [-0.3, -0.25) is 4.90 Å². The van der Waals surface area contributed by atoms with Crippen LogP contribution in [0, 0.1) is 0 Å². The molecule has 1 aliphatic heterocycles. The molecule has 1 saturated heterocycles. The van der Waals surface area contributed by atoms with E-state index in [1.54, 1.807) is 7.11 Å². The zero-order valence-electron chi connectivity index (χ0n) is 22.2. The number of likely N-dealkylation sites (tertiary alicyclic amines) is 1. The smallest absolute Gasteiger partial charge is 0.119 e. The van der Waals surface area contributed by atoms with Crippen LogP contribution in [0.15, 0.2) is 66.7 Å². The van der Waals surface area contributed by atoms with Gasteiger partial charge in [0.05, 0.1) is 7.11 Å². The van der Waals surface area contributed by atoms with Gasteiger partial charge in [-0.1, -0.05) is 55.3 Å². The Labute approximate surface area is 222 Å². The second-order valence-corrected chi connectivity index (χ2v) is 10.2. The Bertz CT molecular complexity index is 1180. The quantitative estimate of drug-likeness (QED) is 0.334. The summed E-state index contributed by atoms with van der Waals surface area (Å²) in [6.45, 7) is 5.00. The fraction of sp³-hybridized carbons (Fsp3) is 0.394. The van der Waals surface area contributed by atoms with Gasteiger partial charge >= 0.3 is 0 Å². The molecule has 0 atom stereocenters. The zero-order chi connectivity index (χ0) is 25.3. The minimum atomic E-state index is 0.760. The predicted octanol–water partition coefficient (Wildman–Crippen LogP) is 7.44. The van der Waals surface area contributed by atoms with E-state index < -0.39 is 0 Å². The van der Waals surface area contributed by atoms with Crippen LogP contribution < -0.4 is 14.8 Å². The average molecular weight is 497 g/mol. The third-order valence-corrected chi connectivity index (χ3v) is 7.63. The summed E-state index contributed by atoms with van der Waals surface area (Å²) >= 11 is 0. The molecule has 0 saturated carbocycles. The lowest BCUT2D eigenvalue weighted by Crippen LogP contribution is -2.29. The van der Waals surface area contributed by atoms with E-state index in [4.69, 9.17) is 9.47 Å². The Morgan fingerprint density at radius 3 is 2.41 bits per heavy atom. The van der Waals surface area contributed by atoms with Crippen LogP contribution in [0.2, 0.25) is 0 Å². The highest BCUT2D eigenvalue weighted by atomic mass is 16.5. The van der Waals surface area contributed by atoms with Gasteiger partial charge in [0.15, 0.2) is 0 Å². The highest BCUT2D eigenvalue weighted by Crippen LogP contribution is 2.34. The van der Waals surface area contributed by atoms with Crippen LogP contribution >= 0.6 is 0 Å². The molecule has 1 fully saturated rings. The minimum absolute atomic E-state index is 0.760. The average Bonchev–Trinajstić information content (AvgIpc) is 3.33. The first-order chi connectivity index (χ1) is 18.3. The van der Waals surface area contributed by atoms with E-state index >= 15 is 0 Å². The number of anilines is 1. The van der Waals surface area contributed by atoms with Crippen molar-refractivity contribution in [3.8, 4) is 11.5 Å². The molecular formula is C33H40N2O2. The van der Waals surface area contributed by atoms with Crippen LogP contribution in [0.4, 0.5) is 5.69 Å². The van der Waals surface area contributed by atoms with Gasteiger partial charge in [-0.05, 0) is 97.8 Å². The zero-order valence-corrected chi connectivity index (χ0v) is 22.2. The molecule has 2 aliphatic rings. The topological polar surface area (TPSA) is 33.7 Å². The third-order valence-electron chi connectivity index (χ3n) is 7.63. The summed E-state index contributed by atoms with van der Waals surface area (Å²) in [5, 5.41) is 3.69. The molecule has 0 aromatic heterocycles. The molecule has 4 nitrogen and oxygen atoms in total. The molecule has 3 aromatic rings. The number of nitrogens with one attached hydrogen (secondary N) is 1. The van der Waals surface area contributed by atoms with Crippen molar-refractivity contribution in [1.29, 1.82) is 0 Å². The first kappa shape index (κ1) is 25.4. The molecule has 1 N–H and O–H groups in total. The molecule has 194 valence electrons. The first-order valence-electron chi connectivity index (χ1n) is 13.9. The SMILES string of the molecule is COc1ccc2c(c1)CCCC(c1ccccc1NCc1ccc(OCCN3CCCCCC3)cc1)=C2. The van der Waals surface area contributed by atoms with Gasteiger partial charge in [-0.25, -0.2) is 0 Å². The summed E-state index contributed by atoms with van der Waals surface area (Å²) in [6.07, 6.45) is 11.0. The number of methoxy groups -OCH3 is 1. The minimum Gasteiger partial charge on any atom is -0.497 e. The van der Waals surface area contributed by atoms with Crippen LogP contribution in [0.3, 0.4) is 0 Å². The highest BCUT2D eigenvalue weighted by Gasteiger charge is 2.14. The van der Waals surface area contributed by atoms with E-state index in [1.807, 2.05) is 0 Å². The van der Waals surface area contributed by atoms with E-state index in [0.717, 1.165) is 50.5 Å². The molecule has 0 unspecified atom stereocenters. The van der Waals surface area contributed by atoms with Crippen LogP contribution in [0.5, 0.6) is 11.5 Å². The van der Waals surface area contributed by atoms with Crippen LogP contribution in [-0.4, -0.2) is 38.3 Å². The van der Waals surface area contributed by atoms with Crippen molar-refractivity contribution in [3.05, 3.63) is 89.0 Å². The van der Waals surface area contributed by atoms with E-state index in [0.29, 0.717) is 0 Å². The Kier molecular flexibility index (Phi) is 8.81. The van der Waals surface area contributed by atoms with Crippen molar-refractivity contribution in [3.63, 3.8) is 0 Å². The molecule has 1 heterocycles. The number of nitrogens with zero attached hydrogens (tertiary/aromatic N) is 1. The highest BCUT2D eigenvalue weighted by molar-refractivity contribution is 5.88. The summed E-state index contributed by atoms with van der Waals surface area (Å²) in [6, 6.07) is 23.7. The third kappa shape index (κ3) is 6.95. The van der Waals surface area contributed by atoms with Crippen molar-refractivity contribution in [2.24, 2.45) is 0 Å². The molecule has 0 radical (unpaired) electrons. The predicted molar refractivity (Wildman–Crippen MR) is 154 cm³/mol.